The van der Waals surface area contributed by atoms with Crippen LogP contribution in [0.5, 0.6) is 0 Å². The number of rotatable bonds is 1. The van der Waals surface area contributed by atoms with Gasteiger partial charge in [-0.2, -0.15) is 0 Å². The number of ether oxygens (including phenoxy) is 1. The SMILES string of the molecule is O=C1CCO[C@H](CO)C1. The minimum absolute atomic E-state index is 0.0360. The van der Waals surface area contributed by atoms with Crippen LogP contribution in [0, 0.1) is 0 Å². The zero-order valence-corrected chi connectivity index (χ0v) is 5.17. The van der Waals surface area contributed by atoms with Crippen molar-refractivity contribution in [1.29, 1.82) is 0 Å². The Balaban J connectivity index is 2.32. The lowest BCUT2D eigenvalue weighted by atomic mass is 10.1. The summed E-state index contributed by atoms with van der Waals surface area (Å²) in [6.45, 7) is 0.440. The summed E-state index contributed by atoms with van der Waals surface area (Å²) in [7, 11) is 0. The molecule has 1 aliphatic rings. The number of hydrogen-bond acceptors (Lipinski definition) is 3. The zero-order chi connectivity index (χ0) is 6.69. The molecule has 1 rings (SSSR count). The maximum absolute atomic E-state index is 10.6. The summed E-state index contributed by atoms with van der Waals surface area (Å²) in [6, 6.07) is 0. The monoisotopic (exact) mass is 130 g/mol. The van der Waals surface area contributed by atoms with Gasteiger partial charge in [-0.3, -0.25) is 4.79 Å². The van der Waals surface area contributed by atoms with Crippen LogP contribution in [0.2, 0.25) is 0 Å². The van der Waals surface area contributed by atoms with E-state index in [2.05, 4.69) is 0 Å². The molecule has 0 bridgehead atoms. The highest BCUT2D eigenvalue weighted by molar-refractivity contribution is 5.79. The van der Waals surface area contributed by atoms with Crippen LogP contribution in [-0.2, 0) is 9.53 Å². The average molecular weight is 130 g/mol. The predicted octanol–water partition coefficient (Wildman–Crippen LogP) is -0.273. The van der Waals surface area contributed by atoms with E-state index in [1.807, 2.05) is 0 Å². The molecule has 0 aliphatic carbocycles. The fourth-order valence-corrected chi connectivity index (χ4v) is 0.872. The summed E-state index contributed by atoms with van der Waals surface area (Å²) in [6.07, 6.45) is 0.666. The highest BCUT2D eigenvalue weighted by Gasteiger charge is 2.18. The lowest BCUT2D eigenvalue weighted by Gasteiger charge is -2.18. The van der Waals surface area contributed by atoms with Gasteiger partial charge in [-0.15, -0.1) is 0 Å². The van der Waals surface area contributed by atoms with Crippen molar-refractivity contribution in [2.24, 2.45) is 0 Å². The van der Waals surface area contributed by atoms with Crippen molar-refractivity contribution in [3.05, 3.63) is 0 Å². The van der Waals surface area contributed by atoms with Crippen molar-refractivity contribution in [2.75, 3.05) is 13.2 Å². The van der Waals surface area contributed by atoms with Gasteiger partial charge in [0.2, 0.25) is 0 Å². The van der Waals surface area contributed by atoms with Gasteiger partial charge in [-0.25, -0.2) is 0 Å². The fourth-order valence-electron chi connectivity index (χ4n) is 0.872. The van der Waals surface area contributed by atoms with E-state index in [0.29, 0.717) is 19.4 Å². The number of aliphatic hydroxyl groups excluding tert-OH is 1. The Morgan fingerprint density at radius 3 is 3.00 bits per heavy atom. The molecule has 1 aliphatic heterocycles. The summed E-state index contributed by atoms with van der Waals surface area (Å²) in [5.74, 6) is 0.195. The fraction of sp³-hybridized carbons (Fsp3) is 0.833. The molecule has 3 nitrogen and oxygen atoms in total. The Bertz CT molecular complexity index is 111. The molecule has 1 fully saturated rings. The van der Waals surface area contributed by atoms with Gasteiger partial charge in [-0.05, 0) is 0 Å². The molecule has 1 atom stereocenters. The van der Waals surface area contributed by atoms with E-state index in [4.69, 9.17) is 9.84 Å². The second-order valence-corrected chi connectivity index (χ2v) is 2.17. The molecule has 0 saturated carbocycles. The Hall–Kier alpha value is -0.410. The summed E-state index contributed by atoms with van der Waals surface area (Å²) >= 11 is 0. The van der Waals surface area contributed by atoms with E-state index in [1.165, 1.54) is 0 Å². The number of carbonyl (C=O) groups excluding carboxylic acids is 1. The van der Waals surface area contributed by atoms with Crippen molar-refractivity contribution in [2.45, 2.75) is 18.9 Å². The highest BCUT2D eigenvalue weighted by Crippen LogP contribution is 2.07. The Labute approximate surface area is 53.6 Å². The van der Waals surface area contributed by atoms with Crippen LogP contribution < -0.4 is 0 Å². The third kappa shape index (κ3) is 1.77. The maximum atomic E-state index is 10.6. The molecule has 52 valence electrons. The summed E-state index contributed by atoms with van der Waals surface area (Å²) in [4.78, 5) is 10.6. The topological polar surface area (TPSA) is 46.5 Å². The Kier molecular flexibility index (Phi) is 2.19. The maximum Gasteiger partial charge on any atom is 0.137 e. The van der Waals surface area contributed by atoms with Crippen molar-refractivity contribution < 1.29 is 14.6 Å². The van der Waals surface area contributed by atoms with Crippen LogP contribution in [0.15, 0.2) is 0 Å². The normalized spacial score (nSPS) is 28.6. The standard InChI is InChI=1S/C6H10O3/c7-4-6-3-5(8)1-2-9-6/h6-7H,1-4H2/t6-/m0/s1. The van der Waals surface area contributed by atoms with E-state index in [0.717, 1.165) is 0 Å². The minimum atomic E-state index is -0.230. The van der Waals surface area contributed by atoms with Crippen molar-refractivity contribution in [3.8, 4) is 0 Å². The quantitative estimate of drug-likeness (QED) is 0.531. The number of Topliss-reactive ketones (excluding diaryl/α,β-unsaturated/α-hetero) is 1. The van der Waals surface area contributed by atoms with E-state index >= 15 is 0 Å². The molecule has 0 aromatic heterocycles. The summed E-state index contributed by atoms with van der Waals surface area (Å²) in [5, 5.41) is 8.53. The Morgan fingerprint density at radius 2 is 2.56 bits per heavy atom. The van der Waals surface area contributed by atoms with Crippen LogP contribution in [0.3, 0.4) is 0 Å². The van der Waals surface area contributed by atoms with E-state index in [1.54, 1.807) is 0 Å². The third-order valence-corrected chi connectivity index (χ3v) is 1.39. The number of aliphatic hydroxyl groups is 1. The predicted molar refractivity (Wildman–Crippen MR) is 31.1 cm³/mol. The average Bonchev–Trinajstić information content (AvgIpc) is 1.88. The molecule has 1 saturated heterocycles. The molecule has 0 unspecified atom stereocenters. The molecule has 0 aromatic rings. The lowest BCUT2D eigenvalue weighted by molar-refractivity contribution is -0.130. The van der Waals surface area contributed by atoms with E-state index in [-0.39, 0.29) is 18.5 Å². The molecule has 3 heteroatoms. The zero-order valence-electron chi connectivity index (χ0n) is 5.17. The molecule has 1 N–H and O–H groups in total. The summed E-state index contributed by atoms with van der Waals surface area (Å²) in [5.41, 5.74) is 0. The van der Waals surface area contributed by atoms with E-state index in [9.17, 15) is 4.79 Å². The van der Waals surface area contributed by atoms with Gasteiger partial charge >= 0.3 is 0 Å². The molecule has 9 heavy (non-hydrogen) atoms. The van der Waals surface area contributed by atoms with Gasteiger partial charge in [0.1, 0.15) is 5.78 Å². The van der Waals surface area contributed by atoms with E-state index < -0.39 is 0 Å². The molecule has 1 heterocycles. The van der Waals surface area contributed by atoms with Gasteiger partial charge in [0, 0.05) is 12.8 Å². The van der Waals surface area contributed by atoms with Crippen LogP contribution in [0.25, 0.3) is 0 Å². The van der Waals surface area contributed by atoms with Gasteiger partial charge in [-0.1, -0.05) is 0 Å². The Morgan fingerprint density at radius 1 is 1.78 bits per heavy atom. The van der Waals surface area contributed by atoms with Gasteiger partial charge < -0.3 is 9.84 Å². The van der Waals surface area contributed by atoms with Crippen LogP contribution >= 0.6 is 0 Å². The van der Waals surface area contributed by atoms with Crippen molar-refractivity contribution in [1.82, 2.24) is 0 Å². The largest absolute Gasteiger partial charge is 0.394 e. The number of ketones is 1. The highest BCUT2D eigenvalue weighted by atomic mass is 16.5. The minimum Gasteiger partial charge on any atom is -0.394 e. The second kappa shape index (κ2) is 2.94. The second-order valence-electron chi connectivity index (χ2n) is 2.17. The van der Waals surface area contributed by atoms with Gasteiger partial charge in [0.25, 0.3) is 0 Å². The van der Waals surface area contributed by atoms with Gasteiger partial charge in [0.15, 0.2) is 0 Å². The first-order chi connectivity index (χ1) is 4.33. The summed E-state index contributed by atoms with van der Waals surface area (Å²) < 4.78 is 5.03. The van der Waals surface area contributed by atoms with Crippen LogP contribution in [-0.4, -0.2) is 30.2 Å². The molecule has 0 radical (unpaired) electrons. The first-order valence-corrected chi connectivity index (χ1v) is 3.07. The lowest BCUT2D eigenvalue weighted by Crippen LogP contribution is -2.28. The molecule has 0 amide bonds. The molecule has 0 aromatic carbocycles. The molecular weight excluding hydrogens is 120 g/mol. The first kappa shape index (κ1) is 6.71. The smallest absolute Gasteiger partial charge is 0.137 e. The molecule has 0 spiro atoms. The van der Waals surface area contributed by atoms with Crippen molar-refractivity contribution in [3.63, 3.8) is 0 Å². The van der Waals surface area contributed by atoms with Crippen molar-refractivity contribution >= 4 is 5.78 Å². The van der Waals surface area contributed by atoms with Gasteiger partial charge in [0.05, 0.1) is 19.3 Å². The van der Waals surface area contributed by atoms with Crippen LogP contribution in [0.4, 0.5) is 0 Å². The molecular formula is C6H10O3. The first-order valence-electron chi connectivity index (χ1n) is 3.07. The van der Waals surface area contributed by atoms with Crippen LogP contribution in [0.1, 0.15) is 12.8 Å². The number of hydrogen-bond donors (Lipinski definition) is 1. The number of carbonyl (C=O) groups is 1. The third-order valence-electron chi connectivity index (χ3n) is 1.39.